The van der Waals surface area contributed by atoms with Gasteiger partial charge in [0.05, 0.1) is 17.0 Å². The maximum atomic E-state index is 12.7. The number of rotatable bonds is 6. The van der Waals surface area contributed by atoms with Gasteiger partial charge in [0.15, 0.2) is 0 Å². The van der Waals surface area contributed by atoms with Gasteiger partial charge in [0.25, 0.3) is 0 Å². The molecule has 1 heterocycles. The van der Waals surface area contributed by atoms with Gasteiger partial charge in [-0.1, -0.05) is 17.7 Å². The molecule has 1 aromatic carbocycles. The first-order valence-electron chi connectivity index (χ1n) is 7.61. The molecule has 1 aliphatic heterocycles. The van der Waals surface area contributed by atoms with E-state index in [0.29, 0.717) is 18.0 Å². The molecule has 0 aliphatic carbocycles. The number of hydrogen-bond acceptors (Lipinski definition) is 4. The third-order valence-corrected chi connectivity index (χ3v) is 5.93. The molecule has 1 saturated heterocycles. The van der Waals surface area contributed by atoms with Gasteiger partial charge in [-0.15, -0.1) is 12.4 Å². The molecule has 2 N–H and O–H groups in total. The van der Waals surface area contributed by atoms with Gasteiger partial charge in [-0.2, -0.15) is 0 Å². The molecule has 1 aromatic rings. The summed E-state index contributed by atoms with van der Waals surface area (Å²) in [6, 6.07) is 3.81. The molecular formula is C16H27ClN2O3S. The Hall–Kier alpha value is -0.660. The van der Waals surface area contributed by atoms with E-state index in [9.17, 15) is 8.42 Å². The number of nitrogens with one attached hydrogen (secondary N) is 2. The Labute approximate surface area is 145 Å². The largest absolute Gasteiger partial charge is 0.383 e. The van der Waals surface area contributed by atoms with Crippen molar-refractivity contribution < 1.29 is 13.2 Å². The second kappa shape index (κ2) is 7.94. The summed E-state index contributed by atoms with van der Waals surface area (Å²) in [6.07, 6.45) is 1.95. The summed E-state index contributed by atoms with van der Waals surface area (Å²) >= 11 is 0. The van der Waals surface area contributed by atoms with Crippen LogP contribution in [0, 0.1) is 20.8 Å². The second-order valence-electron chi connectivity index (χ2n) is 6.30. The van der Waals surface area contributed by atoms with Gasteiger partial charge in [0.1, 0.15) is 0 Å². The number of halogens is 1. The Balaban J connectivity index is 0.00000264. The standard InChI is InChI=1S/C16H26N2O3S.ClH/c1-12-8-13(2)15(14(3)9-12)22(19,20)18-10-16(11-21-4)6-5-7-17-16;/h8-9,17-18H,5-7,10-11H2,1-4H3;1H. The van der Waals surface area contributed by atoms with Crippen LogP contribution < -0.4 is 10.0 Å². The highest BCUT2D eigenvalue weighted by atomic mass is 35.5. The lowest BCUT2D eigenvalue weighted by atomic mass is 9.99. The highest BCUT2D eigenvalue weighted by Gasteiger charge is 2.35. The Bertz CT molecular complexity index is 618. The average Bonchev–Trinajstić information content (AvgIpc) is 2.84. The lowest BCUT2D eigenvalue weighted by Gasteiger charge is -2.29. The zero-order chi connectivity index (χ0) is 16.4. The van der Waals surface area contributed by atoms with Crippen LogP contribution in [0.2, 0.25) is 0 Å². The van der Waals surface area contributed by atoms with Crippen LogP contribution in [-0.2, 0) is 14.8 Å². The van der Waals surface area contributed by atoms with Crippen LogP contribution in [0.1, 0.15) is 29.5 Å². The minimum Gasteiger partial charge on any atom is -0.383 e. The zero-order valence-corrected chi connectivity index (χ0v) is 15.9. The van der Waals surface area contributed by atoms with E-state index in [1.54, 1.807) is 7.11 Å². The highest BCUT2D eigenvalue weighted by molar-refractivity contribution is 7.89. The predicted molar refractivity (Wildman–Crippen MR) is 94.9 cm³/mol. The Morgan fingerprint density at radius 2 is 1.87 bits per heavy atom. The molecule has 1 unspecified atom stereocenters. The monoisotopic (exact) mass is 362 g/mol. The lowest BCUT2D eigenvalue weighted by Crippen LogP contribution is -2.53. The number of sulfonamides is 1. The van der Waals surface area contributed by atoms with E-state index in [1.807, 2.05) is 32.9 Å². The molecule has 0 spiro atoms. The van der Waals surface area contributed by atoms with Crippen molar-refractivity contribution in [3.63, 3.8) is 0 Å². The first-order valence-corrected chi connectivity index (χ1v) is 9.09. The first kappa shape index (κ1) is 20.4. The minimum atomic E-state index is -3.53. The van der Waals surface area contributed by atoms with Crippen molar-refractivity contribution in [2.75, 3.05) is 26.8 Å². The zero-order valence-electron chi connectivity index (χ0n) is 14.2. The molecule has 0 aromatic heterocycles. The fourth-order valence-electron chi connectivity index (χ4n) is 3.37. The van der Waals surface area contributed by atoms with Crippen molar-refractivity contribution in [3.8, 4) is 0 Å². The van der Waals surface area contributed by atoms with Gasteiger partial charge in [-0.05, 0) is 51.3 Å². The third-order valence-electron chi connectivity index (χ3n) is 4.23. The Morgan fingerprint density at radius 3 is 2.35 bits per heavy atom. The van der Waals surface area contributed by atoms with Crippen LogP contribution >= 0.6 is 12.4 Å². The molecule has 0 saturated carbocycles. The second-order valence-corrected chi connectivity index (χ2v) is 8.00. The maximum Gasteiger partial charge on any atom is 0.241 e. The highest BCUT2D eigenvalue weighted by Crippen LogP contribution is 2.23. The van der Waals surface area contributed by atoms with E-state index in [-0.39, 0.29) is 17.9 Å². The van der Waals surface area contributed by atoms with Gasteiger partial charge in [0.2, 0.25) is 10.0 Å². The van der Waals surface area contributed by atoms with Crippen LogP contribution in [0.4, 0.5) is 0 Å². The molecule has 0 radical (unpaired) electrons. The fraction of sp³-hybridized carbons (Fsp3) is 0.625. The molecule has 0 bridgehead atoms. The van der Waals surface area contributed by atoms with E-state index < -0.39 is 10.0 Å². The van der Waals surface area contributed by atoms with Crippen LogP contribution in [0.15, 0.2) is 17.0 Å². The van der Waals surface area contributed by atoms with Gasteiger partial charge in [-0.25, -0.2) is 13.1 Å². The van der Waals surface area contributed by atoms with E-state index in [0.717, 1.165) is 36.1 Å². The number of aryl methyl sites for hydroxylation is 3. The van der Waals surface area contributed by atoms with Crippen LogP contribution in [0.5, 0.6) is 0 Å². The summed E-state index contributed by atoms with van der Waals surface area (Å²) in [5.41, 5.74) is 2.34. The summed E-state index contributed by atoms with van der Waals surface area (Å²) < 4.78 is 33.5. The normalized spacial score (nSPS) is 21.2. The van der Waals surface area contributed by atoms with Crippen molar-refractivity contribution in [1.29, 1.82) is 0 Å². The van der Waals surface area contributed by atoms with Gasteiger partial charge < -0.3 is 10.1 Å². The number of hydrogen-bond donors (Lipinski definition) is 2. The molecule has 0 amide bonds. The third kappa shape index (κ3) is 4.67. The average molecular weight is 363 g/mol. The van der Waals surface area contributed by atoms with Gasteiger partial charge in [0, 0.05) is 13.7 Å². The van der Waals surface area contributed by atoms with Gasteiger partial charge in [-0.3, -0.25) is 0 Å². The Kier molecular flexibility index (Phi) is 7.04. The quantitative estimate of drug-likeness (QED) is 0.813. The molecule has 23 heavy (non-hydrogen) atoms. The number of methoxy groups -OCH3 is 1. The molecule has 1 atom stereocenters. The SMILES string of the molecule is COCC1(CNS(=O)(=O)c2c(C)cc(C)cc2C)CCCN1.Cl. The lowest BCUT2D eigenvalue weighted by molar-refractivity contribution is 0.122. The van der Waals surface area contributed by atoms with E-state index in [1.165, 1.54) is 0 Å². The molecule has 132 valence electrons. The molecular weight excluding hydrogens is 336 g/mol. The van der Waals surface area contributed by atoms with Crippen LogP contribution in [0.25, 0.3) is 0 Å². The van der Waals surface area contributed by atoms with Crippen molar-refractivity contribution in [3.05, 3.63) is 28.8 Å². The van der Waals surface area contributed by atoms with Crippen molar-refractivity contribution in [1.82, 2.24) is 10.0 Å². The van der Waals surface area contributed by atoms with E-state index in [2.05, 4.69) is 10.0 Å². The van der Waals surface area contributed by atoms with Gasteiger partial charge >= 0.3 is 0 Å². The summed E-state index contributed by atoms with van der Waals surface area (Å²) in [5, 5.41) is 3.38. The molecule has 7 heteroatoms. The molecule has 1 aliphatic rings. The summed E-state index contributed by atoms with van der Waals surface area (Å²) in [7, 11) is -1.88. The topological polar surface area (TPSA) is 67.4 Å². The number of ether oxygens (including phenoxy) is 1. The van der Waals surface area contributed by atoms with E-state index in [4.69, 9.17) is 4.74 Å². The van der Waals surface area contributed by atoms with Crippen molar-refractivity contribution in [2.45, 2.75) is 44.0 Å². The smallest absolute Gasteiger partial charge is 0.241 e. The predicted octanol–water partition coefficient (Wildman–Crippen LogP) is 2.08. The van der Waals surface area contributed by atoms with Crippen molar-refractivity contribution in [2.24, 2.45) is 0 Å². The van der Waals surface area contributed by atoms with Crippen molar-refractivity contribution >= 4 is 22.4 Å². The minimum absolute atomic E-state index is 0. The summed E-state index contributed by atoms with van der Waals surface area (Å²) in [5.74, 6) is 0. The summed E-state index contributed by atoms with van der Waals surface area (Å²) in [4.78, 5) is 0.392. The first-order chi connectivity index (χ1) is 10.3. The van der Waals surface area contributed by atoms with Crippen LogP contribution in [-0.4, -0.2) is 40.8 Å². The maximum absolute atomic E-state index is 12.7. The molecule has 5 nitrogen and oxygen atoms in total. The fourth-order valence-corrected chi connectivity index (χ4v) is 4.94. The molecule has 2 rings (SSSR count). The number of benzene rings is 1. The Morgan fingerprint density at radius 1 is 1.26 bits per heavy atom. The van der Waals surface area contributed by atoms with E-state index >= 15 is 0 Å². The summed E-state index contributed by atoms with van der Waals surface area (Å²) in [6.45, 7) is 7.39. The van der Waals surface area contributed by atoms with Crippen LogP contribution in [0.3, 0.4) is 0 Å². The molecule has 1 fully saturated rings.